The number of hydrogen-bond acceptors (Lipinski definition) is 7. The minimum atomic E-state index is 1.03. The maximum Gasteiger partial charge on any atom is 0.158 e. The van der Waals surface area contributed by atoms with Crippen LogP contribution in [0.25, 0.3) is 39.3 Å². The van der Waals surface area contributed by atoms with Gasteiger partial charge in [0, 0.05) is 19.5 Å². The van der Waals surface area contributed by atoms with Crippen LogP contribution in [-0.4, -0.2) is 10.2 Å². The lowest BCUT2D eigenvalue weighted by Crippen LogP contribution is -1.86. The van der Waals surface area contributed by atoms with Gasteiger partial charge < -0.3 is 0 Å². The Hall–Kier alpha value is -1.64. The van der Waals surface area contributed by atoms with Crippen LogP contribution in [0.15, 0.2) is 47.2 Å². The van der Waals surface area contributed by atoms with Crippen molar-refractivity contribution in [2.75, 3.05) is 0 Å². The number of thiophene rings is 4. The average molecular weight is 639 g/mol. The molecule has 5 rings (SSSR count). The first-order valence-corrected chi connectivity index (χ1v) is 19.6. The zero-order valence-corrected chi connectivity index (χ0v) is 28.5. The molecule has 0 spiro atoms. The molecule has 0 aliphatic rings. The molecular formula is C34H42N2S5. The van der Waals surface area contributed by atoms with Crippen LogP contribution in [0.4, 0.5) is 0 Å². The second-order valence-corrected chi connectivity index (χ2v) is 15.8. The molecule has 7 heteroatoms. The van der Waals surface area contributed by atoms with Crippen molar-refractivity contribution in [2.24, 2.45) is 0 Å². The molecule has 5 aromatic heterocycles. The van der Waals surface area contributed by atoms with Crippen LogP contribution in [0.5, 0.6) is 0 Å². The van der Waals surface area contributed by atoms with Crippen molar-refractivity contribution >= 4 is 56.7 Å². The fourth-order valence-electron chi connectivity index (χ4n) is 5.26. The summed E-state index contributed by atoms with van der Waals surface area (Å²) in [5, 5.41) is 15.8. The quantitative estimate of drug-likeness (QED) is 0.0892. The molecule has 0 fully saturated rings. The van der Waals surface area contributed by atoms with Crippen molar-refractivity contribution < 1.29 is 0 Å². The van der Waals surface area contributed by atoms with Crippen LogP contribution in [-0.2, 0) is 12.8 Å². The lowest BCUT2D eigenvalue weighted by Gasteiger charge is -2.03. The van der Waals surface area contributed by atoms with Gasteiger partial charge >= 0.3 is 0 Å². The van der Waals surface area contributed by atoms with Gasteiger partial charge in [-0.2, -0.15) is 0 Å². The molecule has 0 atom stereocenters. The van der Waals surface area contributed by atoms with Gasteiger partial charge in [0.15, 0.2) is 10.0 Å². The van der Waals surface area contributed by atoms with Crippen molar-refractivity contribution in [1.29, 1.82) is 0 Å². The summed E-state index contributed by atoms with van der Waals surface area (Å²) in [6.07, 6.45) is 18.5. The van der Waals surface area contributed by atoms with E-state index in [2.05, 4.69) is 71.2 Å². The summed E-state index contributed by atoms with van der Waals surface area (Å²) >= 11 is 9.19. The molecule has 0 saturated heterocycles. The number of aromatic nitrogens is 2. The third kappa shape index (κ3) is 8.47. The largest absolute Gasteiger partial charge is 0.158 e. The van der Waals surface area contributed by atoms with Crippen molar-refractivity contribution in [1.82, 2.24) is 10.2 Å². The highest BCUT2D eigenvalue weighted by atomic mass is 32.1. The van der Waals surface area contributed by atoms with Crippen molar-refractivity contribution in [3.63, 3.8) is 0 Å². The molecule has 5 heterocycles. The fraction of sp³-hybridized carbons (Fsp3) is 0.471. The summed E-state index contributed by atoms with van der Waals surface area (Å²) in [4.78, 5) is 8.05. The van der Waals surface area contributed by atoms with Gasteiger partial charge in [-0.25, -0.2) is 0 Å². The Labute approximate surface area is 266 Å². The summed E-state index contributed by atoms with van der Waals surface area (Å²) in [6.45, 7) is 4.57. The highest BCUT2D eigenvalue weighted by Crippen LogP contribution is 2.43. The predicted molar refractivity (Wildman–Crippen MR) is 187 cm³/mol. The number of aryl methyl sites for hydroxylation is 2. The van der Waals surface area contributed by atoms with E-state index in [0.29, 0.717) is 0 Å². The third-order valence-electron chi connectivity index (χ3n) is 7.60. The number of nitrogens with zero attached hydrogens (tertiary/aromatic N) is 2. The van der Waals surface area contributed by atoms with E-state index >= 15 is 0 Å². The summed E-state index contributed by atoms with van der Waals surface area (Å²) in [7, 11) is 0. The molecule has 0 amide bonds. The second kappa shape index (κ2) is 16.3. The first-order chi connectivity index (χ1) is 20.3. The SMILES string of the molecule is CCCCCCCCc1ccsc1-c1ccc(-c2nnc(-c3ccc(-c4sccc4CCCCCCCC)s3)s2)s1. The first kappa shape index (κ1) is 30.8. The van der Waals surface area contributed by atoms with E-state index in [-0.39, 0.29) is 0 Å². The van der Waals surface area contributed by atoms with Crippen LogP contribution in [0, 0.1) is 0 Å². The van der Waals surface area contributed by atoms with Crippen molar-refractivity contribution in [3.05, 3.63) is 58.3 Å². The molecule has 41 heavy (non-hydrogen) atoms. The Kier molecular flexibility index (Phi) is 12.2. The van der Waals surface area contributed by atoms with E-state index in [9.17, 15) is 0 Å². The van der Waals surface area contributed by atoms with Crippen LogP contribution in [0.2, 0.25) is 0 Å². The Balaban J connectivity index is 1.19. The minimum absolute atomic E-state index is 1.03. The summed E-state index contributed by atoms with van der Waals surface area (Å²) in [5.74, 6) is 0. The molecule has 218 valence electrons. The molecule has 2 nitrogen and oxygen atoms in total. The molecular weight excluding hydrogens is 597 g/mol. The molecule has 0 radical (unpaired) electrons. The number of unbranched alkanes of at least 4 members (excludes halogenated alkanes) is 10. The van der Waals surface area contributed by atoms with Gasteiger partial charge in [0.2, 0.25) is 0 Å². The maximum absolute atomic E-state index is 4.62. The summed E-state index contributed by atoms with van der Waals surface area (Å²) in [6, 6.07) is 13.7. The molecule has 0 aliphatic carbocycles. The van der Waals surface area contributed by atoms with Gasteiger partial charge in [0.25, 0.3) is 0 Å². The zero-order valence-electron chi connectivity index (χ0n) is 24.5. The number of hydrogen-bond donors (Lipinski definition) is 0. The summed E-state index contributed by atoms with van der Waals surface area (Å²) < 4.78 is 0. The van der Waals surface area contributed by atoms with Crippen molar-refractivity contribution in [3.8, 4) is 39.3 Å². The highest BCUT2D eigenvalue weighted by Gasteiger charge is 2.16. The average Bonchev–Trinajstić information content (AvgIpc) is 3.81. The molecule has 5 aromatic rings. The second-order valence-electron chi connectivity index (χ2n) is 10.8. The summed E-state index contributed by atoms with van der Waals surface area (Å²) in [5.41, 5.74) is 3.01. The molecule has 0 N–H and O–H groups in total. The Morgan fingerprint density at radius 2 is 0.878 bits per heavy atom. The highest BCUT2D eigenvalue weighted by molar-refractivity contribution is 7.29. The topological polar surface area (TPSA) is 25.8 Å². The van der Waals surface area contributed by atoms with Crippen LogP contribution < -0.4 is 0 Å². The van der Waals surface area contributed by atoms with Gasteiger partial charge in [0.05, 0.1) is 9.75 Å². The standard InChI is InChI=1S/C34H42N2S5/c1-3-5-7-9-11-13-15-25-21-23-37-31(25)27-17-19-29(39-27)33-35-36-34(41-33)30-20-18-28(40-30)32-26(22-24-38-32)16-14-12-10-8-6-4-2/h17-24H,3-16H2,1-2H3. The lowest BCUT2D eigenvalue weighted by atomic mass is 10.1. The smallest absolute Gasteiger partial charge is 0.143 e. The van der Waals surface area contributed by atoms with E-state index in [0.717, 1.165) is 10.0 Å². The van der Waals surface area contributed by atoms with Gasteiger partial charge in [-0.3, -0.25) is 0 Å². The van der Waals surface area contributed by atoms with Crippen LogP contribution in [0.1, 0.15) is 102 Å². The Morgan fingerprint density at radius 1 is 0.463 bits per heavy atom. The third-order valence-corrected chi connectivity index (χ3v) is 13.3. The first-order valence-electron chi connectivity index (χ1n) is 15.4. The van der Waals surface area contributed by atoms with E-state index < -0.39 is 0 Å². The van der Waals surface area contributed by atoms with E-state index in [1.54, 1.807) is 11.3 Å². The van der Waals surface area contributed by atoms with Gasteiger partial charge in [-0.15, -0.1) is 55.5 Å². The molecule has 0 aromatic carbocycles. The van der Waals surface area contributed by atoms with Crippen LogP contribution >= 0.6 is 56.7 Å². The maximum atomic E-state index is 4.62. The number of rotatable bonds is 18. The van der Waals surface area contributed by atoms with E-state index in [1.165, 1.54) is 130 Å². The molecule has 0 aliphatic heterocycles. The van der Waals surface area contributed by atoms with Gasteiger partial charge in [0.1, 0.15) is 0 Å². The van der Waals surface area contributed by atoms with E-state index in [1.807, 2.05) is 45.3 Å². The zero-order chi connectivity index (χ0) is 28.3. The molecule has 0 saturated carbocycles. The van der Waals surface area contributed by atoms with Gasteiger partial charge in [-0.1, -0.05) is 89.4 Å². The molecule has 0 unspecified atom stereocenters. The van der Waals surface area contributed by atoms with Crippen molar-refractivity contribution in [2.45, 2.75) is 104 Å². The monoisotopic (exact) mass is 638 g/mol. The Bertz CT molecular complexity index is 1340. The van der Waals surface area contributed by atoms with Crippen LogP contribution in [0.3, 0.4) is 0 Å². The predicted octanol–water partition coefficient (Wildman–Crippen LogP) is 13.3. The lowest BCUT2D eigenvalue weighted by molar-refractivity contribution is 0.608. The minimum Gasteiger partial charge on any atom is -0.143 e. The fourth-order valence-corrected chi connectivity index (χ4v) is 10.5. The van der Waals surface area contributed by atoms with E-state index in [4.69, 9.17) is 0 Å². The normalized spacial score (nSPS) is 11.6. The Morgan fingerprint density at radius 3 is 1.34 bits per heavy atom. The molecule has 0 bridgehead atoms. The van der Waals surface area contributed by atoms with Gasteiger partial charge in [-0.05, 0) is 84.0 Å².